The van der Waals surface area contributed by atoms with E-state index in [-0.39, 0.29) is 30.3 Å². The van der Waals surface area contributed by atoms with Crippen LogP contribution in [0.15, 0.2) is 54.7 Å². The third-order valence-electron chi connectivity index (χ3n) is 6.19. The number of carbonyl (C=O) groups is 2. The Hall–Kier alpha value is -3.29. The number of halogens is 3. The average Bonchev–Trinajstić information content (AvgIpc) is 3.23. The molecule has 0 spiro atoms. The highest BCUT2D eigenvalue weighted by atomic mass is 19.4. The molecule has 3 rings (SSSR count). The SMILES string of the molecule is CCCN(CC(=O)N(CCc1c[nH]c2ccccc12)Cc1ccc(C(F)(F)F)cc1)C(=O)CC(C)(C)C. The summed E-state index contributed by atoms with van der Waals surface area (Å²) in [7, 11) is 0. The van der Waals surface area contributed by atoms with E-state index in [1.807, 2.05) is 58.2 Å². The molecule has 1 aromatic heterocycles. The number of fused-ring (bicyclic) bond motifs is 1. The number of carbonyl (C=O) groups excluding carboxylic acids is 2. The van der Waals surface area contributed by atoms with Crippen molar-refractivity contribution in [2.24, 2.45) is 5.41 Å². The highest BCUT2D eigenvalue weighted by molar-refractivity contribution is 5.85. The molecule has 0 saturated heterocycles. The second kappa shape index (κ2) is 11.8. The number of rotatable bonds is 10. The van der Waals surface area contributed by atoms with Crippen LogP contribution in [0.25, 0.3) is 10.9 Å². The second-order valence-electron chi connectivity index (χ2n) is 10.7. The zero-order chi connectivity index (χ0) is 27.2. The van der Waals surface area contributed by atoms with E-state index in [1.54, 1.807) is 9.80 Å². The molecule has 3 aromatic rings. The summed E-state index contributed by atoms with van der Waals surface area (Å²) >= 11 is 0. The lowest BCUT2D eigenvalue weighted by atomic mass is 9.91. The van der Waals surface area contributed by atoms with Gasteiger partial charge in [0.25, 0.3) is 0 Å². The third kappa shape index (κ3) is 8.10. The molecule has 0 aliphatic rings. The van der Waals surface area contributed by atoms with E-state index in [0.29, 0.717) is 31.5 Å². The van der Waals surface area contributed by atoms with Crippen LogP contribution in [0.2, 0.25) is 0 Å². The Labute approximate surface area is 216 Å². The van der Waals surface area contributed by atoms with Crippen molar-refractivity contribution < 1.29 is 22.8 Å². The minimum Gasteiger partial charge on any atom is -0.361 e. The fraction of sp³-hybridized carbons (Fsp3) is 0.448. The van der Waals surface area contributed by atoms with Crippen LogP contribution in [0, 0.1) is 5.41 Å². The van der Waals surface area contributed by atoms with E-state index in [0.717, 1.165) is 35.0 Å². The van der Waals surface area contributed by atoms with Crippen LogP contribution in [0.4, 0.5) is 13.2 Å². The van der Waals surface area contributed by atoms with Gasteiger partial charge in [-0.05, 0) is 47.6 Å². The van der Waals surface area contributed by atoms with Crippen molar-refractivity contribution in [3.8, 4) is 0 Å². The van der Waals surface area contributed by atoms with Gasteiger partial charge in [0.1, 0.15) is 0 Å². The first-order chi connectivity index (χ1) is 17.4. The Morgan fingerprint density at radius 2 is 1.57 bits per heavy atom. The van der Waals surface area contributed by atoms with Crippen molar-refractivity contribution in [2.45, 2.75) is 59.7 Å². The van der Waals surface area contributed by atoms with Crippen LogP contribution < -0.4 is 0 Å². The number of H-pyrrole nitrogens is 1. The van der Waals surface area contributed by atoms with Gasteiger partial charge in [-0.2, -0.15) is 13.2 Å². The zero-order valence-electron chi connectivity index (χ0n) is 22.0. The summed E-state index contributed by atoms with van der Waals surface area (Å²) in [4.78, 5) is 32.9. The predicted molar refractivity (Wildman–Crippen MR) is 140 cm³/mol. The van der Waals surface area contributed by atoms with E-state index < -0.39 is 11.7 Å². The molecular formula is C29H36F3N3O2. The maximum Gasteiger partial charge on any atom is 0.416 e. The van der Waals surface area contributed by atoms with Crippen LogP contribution in [-0.4, -0.2) is 46.2 Å². The summed E-state index contributed by atoms with van der Waals surface area (Å²) in [5.74, 6) is -0.302. The highest BCUT2D eigenvalue weighted by Gasteiger charge is 2.30. The number of aromatic nitrogens is 1. The first-order valence-corrected chi connectivity index (χ1v) is 12.6. The molecule has 200 valence electrons. The lowest BCUT2D eigenvalue weighted by Gasteiger charge is -2.29. The van der Waals surface area contributed by atoms with Gasteiger partial charge in [-0.1, -0.05) is 58.0 Å². The number of nitrogens with zero attached hydrogens (tertiary/aromatic N) is 2. The Morgan fingerprint density at radius 1 is 0.892 bits per heavy atom. The van der Waals surface area contributed by atoms with Crippen LogP contribution in [0.3, 0.4) is 0 Å². The number of amides is 2. The molecule has 0 atom stereocenters. The molecule has 5 nitrogen and oxygen atoms in total. The first kappa shape index (κ1) is 28.3. The number of aromatic amines is 1. The summed E-state index contributed by atoms with van der Waals surface area (Å²) in [5, 5.41) is 1.07. The number of para-hydroxylation sites is 1. The normalized spacial score (nSPS) is 12.1. The van der Waals surface area contributed by atoms with Gasteiger partial charge in [0.2, 0.25) is 11.8 Å². The molecule has 8 heteroatoms. The van der Waals surface area contributed by atoms with Crippen LogP contribution >= 0.6 is 0 Å². The predicted octanol–water partition coefficient (Wildman–Crippen LogP) is 6.43. The lowest BCUT2D eigenvalue weighted by Crippen LogP contribution is -2.44. The van der Waals surface area contributed by atoms with E-state index in [2.05, 4.69) is 4.98 Å². The molecule has 0 saturated carbocycles. The smallest absolute Gasteiger partial charge is 0.361 e. The van der Waals surface area contributed by atoms with E-state index in [9.17, 15) is 22.8 Å². The standard InChI is InChI=1S/C29H36F3N3O2/c1-5-15-34(26(36)17-28(2,3)4)20-27(37)35(19-21-10-12-23(13-11-21)29(30,31)32)16-14-22-18-33-25-9-7-6-8-24(22)25/h6-13,18,33H,5,14-17,19-20H2,1-4H3. The van der Waals surface area contributed by atoms with Gasteiger partial charge in [0.15, 0.2) is 0 Å². The molecule has 2 amide bonds. The molecular weight excluding hydrogens is 479 g/mol. The van der Waals surface area contributed by atoms with E-state index in [4.69, 9.17) is 0 Å². The number of nitrogens with one attached hydrogen (secondary N) is 1. The third-order valence-corrected chi connectivity index (χ3v) is 6.19. The van der Waals surface area contributed by atoms with Crippen molar-refractivity contribution in [1.82, 2.24) is 14.8 Å². The Bertz CT molecular complexity index is 1190. The molecule has 0 radical (unpaired) electrons. The van der Waals surface area contributed by atoms with Crippen molar-refractivity contribution in [3.05, 3.63) is 71.4 Å². The number of benzene rings is 2. The van der Waals surface area contributed by atoms with Crippen LogP contribution in [0.1, 0.15) is 57.2 Å². The molecule has 0 aliphatic carbocycles. The fourth-order valence-corrected chi connectivity index (χ4v) is 4.30. The van der Waals surface area contributed by atoms with Crippen LogP contribution in [0.5, 0.6) is 0 Å². The molecule has 37 heavy (non-hydrogen) atoms. The van der Waals surface area contributed by atoms with Crippen LogP contribution in [-0.2, 0) is 28.7 Å². The quantitative estimate of drug-likeness (QED) is 0.338. The number of hydrogen-bond acceptors (Lipinski definition) is 2. The molecule has 0 unspecified atom stereocenters. The van der Waals surface area contributed by atoms with Gasteiger partial charge < -0.3 is 14.8 Å². The van der Waals surface area contributed by atoms with E-state index >= 15 is 0 Å². The van der Waals surface area contributed by atoms with Gasteiger partial charge in [-0.3, -0.25) is 9.59 Å². The summed E-state index contributed by atoms with van der Waals surface area (Å²) < 4.78 is 39.1. The Kier molecular flexibility index (Phi) is 9.05. The average molecular weight is 516 g/mol. The zero-order valence-corrected chi connectivity index (χ0v) is 22.0. The van der Waals surface area contributed by atoms with Gasteiger partial charge in [-0.15, -0.1) is 0 Å². The maximum atomic E-state index is 13.5. The fourth-order valence-electron chi connectivity index (χ4n) is 4.30. The number of hydrogen-bond donors (Lipinski definition) is 1. The van der Waals surface area contributed by atoms with Gasteiger partial charge in [0, 0.05) is 43.2 Å². The summed E-state index contributed by atoms with van der Waals surface area (Å²) in [6.45, 7) is 8.84. The summed E-state index contributed by atoms with van der Waals surface area (Å²) in [6.07, 6.45) is -0.884. The second-order valence-corrected chi connectivity index (χ2v) is 10.7. The highest BCUT2D eigenvalue weighted by Crippen LogP contribution is 2.29. The van der Waals surface area contributed by atoms with Crippen molar-refractivity contribution in [1.29, 1.82) is 0 Å². The van der Waals surface area contributed by atoms with Gasteiger partial charge in [0.05, 0.1) is 12.1 Å². The largest absolute Gasteiger partial charge is 0.416 e. The molecule has 0 bridgehead atoms. The maximum absolute atomic E-state index is 13.5. The summed E-state index contributed by atoms with van der Waals surface area (Å²) in [6, 6.07) is 12.8. The van der Waals surface area contributed by atoms with Crippen molar-refractivity contribution in [3.63, 3.8) is 0 Å². The van der Waals surface area contributed by atoms with E-state index in [1.165, 1.54) is 12.1 Å². The molecule has 1 heterocycles. The molecule has 0 aliphatic heterocycles. The Morgan fingerprint density at radius 3 is 2.19 bits per heavy atom. The van der Waals surface area contributed by atoms with Gasteiger partial charge >= 0.3 is 6.18 Å². The Balaban J connectivity index is 1.80. The molecule has 1 N–H and O–H groups in total. The molecule has 2 aromatic carbocycles. The minimum absolute atomic E-state index is 0.0583. The van der Waals surface area contributed by atoms with Crippen molar-refractivity contribution in [2.75, 3.05) is 19.6 Å². The number of alkyl halides is 3. The lowest BCUT2D eigenvalue weighted by molar-refractivity contribution is -0.142. The minimum atomic E-state index is -4.42. The topological polar surface area (TPSA) is 56.4 Å². The summed E-state index contributed by atoms with van der Waals surface area (Å²) in [5.41, 5.74) is 1.72. The first-order valence-electron chi connectivity index (χ1n) is 12.6. The van der Waals surface area contributed by atoms with Crippen molar-refractivity contribution >= 4 is 22.7 Å². The monoisotopic (exact) mass is 515 g/mol. The molecule has 0 fully saturated rings. The van der Waals surface area contributed by atoms with Gasteiger partial charge in [-0.25, -0.2) is 0 Å².